The molecule has 6 heteroatoms. The van der Waals surface area contributed by atoms with Crippen molar-refractivity contribution in [2.75, 3.05) is 20.2 Å². The molecule has 4 rings (SSSR count). The molecule has 6 nitrogen and oxygen atoms in total. The Hall–Kier alpha value is -3.43. The average molecular weight is 486 g/mol. The molecule has 0 spiro atoms. The van der Waals surface area contributed by atoms with Crippen LogP contribution in [0.15, 0.2) is 60.8 Å². The Morgan fingerprint density at radius 3 is 2.53 bits per heavy atom. The number of nitrogens with zero attached hydrogens (tertiary/aromatic N) is 3. The van der Waals surface area contributed by atoms with E-state index in [2.05, 4.69) is 28.8 Å². The van der Waals surface area contributed by atoms with E-state index in [9.17, 15) is 14.9 Å². The normalized spacial score (nSPS) is 21.1. The third-order valence-electron chi connectivity index (χ3n) is 7.60. The molecule has 0 aliphatic carbocycles. The quantitative estimate of drug-likeness (QED) is 0.320. The van der Waals surface area contributed by atoms with Crippen LogP contribution in [0.4, 0.5) is 0 Å². The zero-order valence-electron chi connectivity index (χ0n) is 21.4. The van der Waals surface area contributed by atoms with Gasteiger partial charge in [-0.05, 0) is 56.0 Å². The van der Waals surface area contributed by atoms with Gasteiger partial charge in [-0.2, -0.15) is 5.26 Å². The van der Waals surface area contributed by atoms with Crippen LogP contribution in [0.5, 0.6) is 0 Å². The molecule has 0 saturated carbocycles. The number of hydrogen-bond donors (Lipinski definition) is 0. The van der Waals surface area contributed by atoms with Crippen LogP contribution < -0.4 is 0 Å². The van der Waals surface area contributed by atoms with Gasteiger partial charge in [-0.25, -0.2) is 0 Å². The average Bonchev–Trinajstić information content (AvgIpc) is 3.22. The van der Waals surface area contributed by atoms with E-state index < -0.39 is 11.9 Å². The van der Waals surface area contributed by atoms with Gasteiger partial charge in [0.05, 0.1) is 12.7 Å². The van der Waals surface area contributed by atoms with Crippen LogP contribution in [0.25, 0.3) is 10.9 Å². The zero-order chi connectivity index (χ0) is 25.7. The molecule has 0 amide bonds. The number of esters is 1. The number of ketones is 1. The minimum atomic E-state index is -0.865. The number of likely N-dealkylation sites (tertiary alicyclic amines) is 1. The van der Waals surface area contributed by atoms with E-state index in [1.807, 2.05) is 61.5 Å². The Bertz CT molecular complexity index is 1240. The Morgan fingerprint density at radius 2 is 1.83 bits per heavy atom. The number of aromatic nitrogens is 1. The number of carbonyl (C=O) groups is 2. The highest BCUT2D eigenvalue weighted by Gasteiger charge is 2.45. The van der Waals surface area contributed by atoms with E-state index in [4.69, 9.17) is 4.74 Å². The number of fused-ring (bicyclic) bond motifs is 1. The fourth-order valence-corrected chi connectivity index (χ4v) is 5.85. The third-order valence-corrected chi connectivity index (χ3v) is 7.60. The number of piperidine rings is 1. The molecule has 4 atom stereocenters. The molecule has 188 valence electrons. The third kappa shape index (κ3) is 5.22. The Morgan fingerprint density at radius 1 is 1.11 bits per heavy atom. The molecule has 3 aromatic rings. The Balaban J connectivity index is 1.66. The van der Waals surface area contributed by atoms with E-state index in [-0.39, 0.29) is 36.7 Å². The molecule has 2 heterocycles. The molecular formula is C30H35N3O3. The van der Waals surface area contributed by atoms with Crippen LogP contribution in [-0.4, -0.2) is 47.5 Å². The number of hydrogen-bond acceptors (Lipinski definition) is 5. The summed E-state index contributed by atoms with van der Waals surface area (Å²) in [5, 5.41) is 10.8. The van der Waals surface area contributed by atoms with Crippen LogP contribution >= 0.6 is 0 Å². The standard InChI is InChI=1S/C30H35N3O3/c1-4-23-25(15-16-32(3)27(23)18-31)29(30(35)36-5-2)28(34)17-22-20-33(19-21-11-7-6-8-12-21)26-14-10-9-13-24(22)26/h6-14,20,23,25,27,29H,4-5,15-17,19H2,1-3H3. The minimum Gasteiger partial charge on any atom is -0.465 e. The summed E-state index contributed by atoms with van der Waals surface area (Å²) in [7, 11) is 1.94. The van der Waals surface area contributed by atoms with Crippen molar-refractivity contribution >= 4 is 22.7 Å². The summed E-state index contributed by atoms with van der Waals surface area (Å²) in [6, 6.07) is 20.4. The molecule has 1 aliphatic rings. The number of ether oxygens (including phenoxy) is 1. The second-order valence-electron chi connectivity index (χ2n) is 9.74. The largest absolute Gasteiger partial charge is 0.465 e. The molecule has 0 radical (unpaired) electrons. The van der Waals surface area contributed by atoms with Gasteiger partial charge in [0, 0.05) is 30.1 Å². The first-order chi connectivity index (χ1) is 17.5. The topological polar surface area (TPSA) is 75.3 Å². The highest BCUT2D eigenvalue weighted by molar-refractivity contribution is 6.02. The van der Waals surface area contributed by atoms with Crippen LogP contribution in [0, 0.1) is 29.1 Å². The van der Waals surface area contributed by atoms with Crippen LogP contribution in [0.3, 0.4) is 0 Å². The van der Waals surface area contributed by atoms with Crippen molar-refractivity contribution in [2.45, 2.75) is 45.7 Å². The summed E-state index contributed by atoms with van der Waals surface area (Å²) in [4.78, 5) is 29.1. The predicted octanol–water partition coefficient (Wildman–Crippen LogP) is 4.85. The smallest absolute Gasteiger partial charge is 0.316 e. The molecule has 1 saturated heterocycles. The van der Waals surface area contributed by atoms with Crippen molar-refractivity contribution in [3.05, 3.63) is 71.9 Å². The van der Waals surface area contributed by atoms with Gasteiger partial charge in [-0.1, -0.05) is 61.9 Å². The number of benzene rings is 2. The first kappa shape index (κ1) is 25.7. The highest BCUT2D eigenvalue weighted by Crippen LogP contribution is 2.38. The van der Waals surface area contributed by atoms with Crippen molar-refractivity contribution in [3.63, 3.8) is 0 Å². The summed E-state index contributed by atoms with van der Waals surface area (Å²) in [6.45, 7) is 5.41. The lowest BCUT2D eigenvalue weighted by Crippen LogP contribution is -2.51. The van der Waals surface area contributed by atoms with Gasteiger partial charge in [-0.15, -0.1) is 0 Å². The van der Waals surface area contributed by atoms with Gasteiger partial charge in [0.15, 0.2) is 5.78 Å². The van der Waals surface area contributed by atoms with Crippen LogP contribution in [0.1, 0.15) is 37.8 Å². The number of para-hydroxylation sites is 1. The molecule has 36 heavy (non-hydrogen) atoms. The van der Waals surface area contributed by atoms with E-state index in [0.717, 1.165) is 22.9 Å². The van der Waals surface area contributed by atoms with E-state index >= 15 is 0 Å². The number of Topliss-reactive ketones (excluding diaryl/α,β-unsaturated/α-hetero) is 1. The lowest BCUT2D eigenvalue weighted by molar-refractivity contribution is -0.156. The van der Waals surface area contributed by atoms with Gasteiger partial charge < -0.3 is 9.30 Å². The molecule has 0 N–H and O–H groups in total. The minimum absolute atomic E-state index is 0.0634. The maximum atomic E-state index is 13.9. The summed E-state index contributed by atoms with van der Waals surface area (Å²) in [5.41, 5.74) is 3.16. The van der Waals surface area contributed by atoms with Gasteiger partial charge in [0.25, 0.3) is 0 Å². The fourth-order valence-electron chi connectivity index (χ4n) is 5.85. The maximum Gasteiger partial charge on any atom is 0.316 e. The number of nitriles is 1. The lowest BCUT2D eigenvalue weighted by atomic mass is 9.70. The van der Waals surface area contributed by atoms with Crippen molar-refractivity contribution in [3.8, 4) is 6.07 Å². The monoisotopic (exact) mass is 485 g/mol. The van der Waals surface area contributed by atoms with E-state index in [0.29, 0.717) is 19.5 Å². The molecule has 1 aromatic heterocycles. The maximum absolute atomic E-state index is 13.9. The highest BCUT2D eigenvalue weighted by atomic mass is 16.5. The summed E-state index contributed by atoms with van der Waals surface area (Å²) in [5.74, 6) is -1.72. The summed E-state index contributed by atoms with van der Waals surface area (Å²) < 4.78 is 7.58. The summed E-state index contributed by atoms with van der Waals surface area (Å²) >= 11 is 0. The lowest BCUT2D eigenvalue weighted by Gasteiger charge is -2.42. The van der Waals surface area contributed by atoms with Gasteiger partial charge in [-0.3, -0.25) is 14.5 Å². The molecule has 0 bridgehead atoms. The zero-order valence-corrected chi connectivity index (χ0v) is 21.4. The van der Waals surface area contributed by atoms with Crippen LogP contribution in [0.2, 0.25) is 0 Å². The number of carbonyl (C=O) groups excluding carboxylic acids is 2. The first-order valence-electron chi connectivity index (χ1n) is 12.9. The van der Waals surface area contributed by atoms with Gasteiger partial charge in [0.1, 0.15) is 12.0 Å². The summed E-state index contributed by atoms with van der Waals surface area (Å²) in [6.07, 6.45) is 3.62. The second kappa shape index (κ2) is 11.5. The van der Waals surface area contributed by atoms with Gasteiger partial charge in [0.2, 0.25) is 0 Å². The van der Waals surface area contributed by atoms with Crippen LogP contribution in [-0.2, 0) is 27.3 Å². The van der Waals surface area contributed by atoms with Gasteiger partial charge >= 0.3 is 5.97 Å². The second-order valence-corrected chi connectivity index (χ2v) is 9.74. The number of rotatable bonds is 9. The predicted molar refractivity (Wildman–Crippen MR) is 140 cm³/mol. The molecule has 4 unspecified atom stereocenters. The van der Waals surface area contributed by atoms with E-state index in [1.165, 1.54) is 5.56 Å². The van der Waals surface area contributed by atoms with Crippen molar-refractivity contribution in [1.29, 1.82) is 5.26 Å². The van der Waals surface area contributed by atoms with Crippen molar-refractivity contribution in [1.82, 2.24) is 9.47 Å². The van der Waals surface area contributed by atoms with Crippen molar-refractivity contribution < 1.29 is 14.3 Å². The van der Waals surface area contributed by atoms with E-state index in [1.54, 1.807) is 6.92 Å². The molecule has 1 fully saturated rings. The molecular weight excluding hydrogens is 450 g/mol. The molecule has 1 aliphatic heterocycles. The Kier molecular flexibility index (Phi) is 8.22. The van der Waals surface area contributed by atoms with Crippen molar-refractivity contribution in [2.24, 2.45) is 17.8 Å². The molecule has 2 aromatic carbocycles. The Labute approximate surface area is 213 Å². The first-order valence-corrected chi connectivity index (χ1v) is 12.9. The fraction of sp³-hybridized carbons (Fsp3) is 0.433. The SMILES string of the molecule is CCOC(=O)C(C(=O)Cc1cn(Cc2ccccc2)c2ccccc12)C1CCN(C)C(C#N)C1CC.